The highest BCUT2D eigenvalue weighted by molar-refractivity contribution is 5.89. The molecule has 0 aromatic heterocycles. The van der Waals surface area contributed by atoms with Crippen LogP contribution in [0, 0.1) is 23.7 Å². The summed E-state index contributed by atoms with van der Waals surface area (Å²) in [6, 6.07) is -4.14. The lowest BCUT2D eigenvalue weighted by Gasteiger charge is -2.28. The summed E-state index contributed by atoms with van der Waals surface area (Å²) < 4.78 is 43.5. The van der Waals surface area contributed by atoms with Crippen LogP contribution in [0.15, 0.2) is 0 Å². The molecule has 0 spiro atoms. The smallest absolute Gasteiger partial charge is 0.326 e. The van der Waals surface area contributed by atoms with Crippen molar-refractivity contribution in [3.05, 3.63) is 0 Å². The average Bonchev–Trinajstić information content (AvgIpc) is 0.869. The van der Waals surface area contributed by atoms with Crippen molar-refractivity contribution < 1.29 is 140 Å². The Balaban J connectivity index is 1.46. The van der Waals surface area contributed by atoms with E-state index in [2.05, 4.69) is 63.8 Å². The summed E-state index contributed by atoms with van der Waals surface area (Å²) in [5.74, 6) is -8.68. The van der Waals surface area contributed by atoms with Gasteiger partial charge in [-0.1, -0.05) is 180 Å². The van der Waals surface area contributed by atoms with Gasteiger partial charge in [-0.25, -0.2) is 9.59 Å². The Kier molecular flexibility index (Phi) is 83.5. The summed E-state index contributed by atoms with van der Waals surface area (Å²) in [7, 11) is 1.55. The predicted octanol–water partition coefficient (Wildman–Crippen LogP) is 9.07. The van der Waals surface area contributed by atoms with E-state index >= 15 is 0 Å². The van der Waals surface area contributed by atoms with Crippen molar-refractivity contribution in [2.45, 2.75) is 371 Å². The Morgan fingerprint density at radius 1 is 0.229 bits per heavy atom. The average molecular weight is 2050 g/mol. The van der Waals surface area contributed by atoms with E-state index in [4.69, 9.17) is 48.1 Å². The van der Waals surface area contributed by atoms with E-state index in [0.717, 1.165) is 103 Å². The van der Waals surface area contributed by atoms with Gasteiger partial charge in [0, 0.05) is 103 Å². The lowest BCUT2D eigenvalue weighted by atomic mass is 9.81. The molecule has 41 nitrogen and oxygen atoms in total. The van der Waals surface area contributed by atoms with E-state index in [1.54, 1.807) is 7.05 Å². The van der Waals surface area contributed by atoms with Crippen molar-refractivity contribution in [2.24, 2.45) is 23.7 Å². The van der Waals surface area contributed by atoms with Crippen molar-refractivity contribution in [1.82, 2.24) is 63.8 Å². The normalized spacial score (nSPS) is 15.3. The van der Waals surface area contributed by atoms with E-state index in [1.165, 1.54) is 128 Å². The first-order valence-electron chi connectivity index (χ1n) is 54.2. The fourth-order valence-corrected chi connectivity index (χ4v) is 17.0. The van der Waals surface area contributed by atoms with E-state index < -0.39 is 83.5 Å². The fourth-order valence-electron chi connectivity index (χ4n) is 17.0. The number of ether oxygens (including phenoxy) is 8. The van der Waals surface area contributed by atoms with Crippen LogP contribution >= 0.6 is 0 Å². The molecule has 830 valence electrons. The number of likely N-dealkylation sites (N-methyl/N-ethyl adjacent to an activating group) is 1. The Bertz CT molecular complexity index is 3470. The van der Waals surface area contributed by atoms with E-state index in [9.17, 15) is 92.0 Å². The molecule has 0 heterocycles. The van der Waals surface area contributed by atoms with Gasteiger partial charge in [0.05, 0.1) is 79.3 Å². The van der Waals surface area contributed by atoms with Gasteiger partial charge in [-0.2, -0.15) is 0 Å². The van der Waals surface area contributed by atoms with Gasteiger partial charge < -0.3 is 127 Å². The summed E-state index contributed by atoms with van der Waals surface area (Å²) in [6.45, 7) is 2.44. The molecular formula is C103H184N12O29. The zero-order valence-corrected chi connectivity index (χ0v) is 86.8. The summed E-state index contributed by atoms with van der Waals surface area (Å²) in [5, 5.41) is 79.4. The van der Waals surface area contributed by atoms with Gasteiger partial charge in [0.25, 0.3) is 0 Å². The van der Waals surface area contributed by atoms with Gasteiger partial charge in [-0.05, 0) is 147 Å². The van der Waals surface area contributed by atoms with Crippen molar-refractivity contribution >= 4 is 94.8 Å². The minimum atomic E-state index is -1.24. The summed E-state index contributed by atoms with van der Waals surface area (Å²) in [5.41, 5.74) is 0. The van der Waals surface area contributed by atoms with Gasteiger partial charge in [0.1, 0.15) is 50.6 Å². The van der Waals surface area contributed by atoms with Crippen LogP contribution in [0.4, 0.5) is 0 Å². The maximum absolute atomic E-state index is 13.3. The van der Waals surface area contributed by atoms with Crippen LogP contribution in [-0.2, 0) is 115 Å². The largest absolute Gasteiger partial charge is 0.481 e. The van der Waals surface area contributed by atoms with Crippen molar-refractivity contribution in [3.63, 3.8) is 0 Å². The lowest BCUT2D eigenvalue weighted by molar-refractivity contribution is -0.143. The maximum atomic E-state index is 13.3. The van der Waals surface area contributed by atoms with Gasteiger partial charge in [0.2, 0.25) is 65.0 Å². The molecule has 0 aliphatic heterocycles. The molecule has 2 saturated carbocycles. The van der Waals surface area contributed by atoms with Gasteiger partial charge >= 0.3 is 29.8 Å². The minimum Gasteiger partial charge on any atom is -0.481 e. The quantitative estimate of drug-likeness (QED) is 0.0252. The highest BCUT2D eigenvalue weighted by atomic mass is 16.5. The number of carboxylic acids is 5. The molecule has 11 amide bonds. The summed E-state index contributed by atoms with van der Waals surface area (Å²) in [6.07, 6.45) is 45.7. The van der Waals surface area contributed by atoms with Crippen LogP contribution in [0.2, 0.25) is 0 Å². The number of unbranched alkanes of at least 4 members (excludes halogenated alkanes) is 32. The molecule has 0 saturated heterocycles. The topological polar surface area (TPSA) is 592 Å². The van der Waals surface area contributed by atoms with Crippen LogP contribution in [-0.4, -0.2) is 310 Å². The number of hydrogen-bond donors (Lipinski definition) is 17. The van der Waals surface area contributed by atoms with Crippen LogP contribution in [0.25, 0.3) is 0 Å². The summed E-state index contributed by atoms with van der Waals surface area (Å²) >= 11 is 0. The molecule has 0 unspecified atom stereocenters. The Labute approximate surface area is 854 Å². The molecule has 0 radical (unpaired) electrons. The van der Waals surface area contributed by atoms with Gasteiger partial charge in [0.15, 0.2) is 0 Å². The molecule has 2 aliphatic rings. The molecule has 2 rings (SSSR count). The van der Waals surface area contributed by atoms with Crippen LogP contribution in [0.3, 0.4) is 0 Å². The lowest BCUT2D eigenvalue weighted by Crippen LogP contribution is -2.48. The third-order valence-electron chi connectivity index (χ3n) is 25.7. The second kappa shape index (κ2) is 91.6. The first-order valence-corrected chi connectivity index (χ1v) is 54.2. The number of carbonyl (C=O) groups excluding carboxylic acids is 11. The molecule has 41 heteroatoms. The molecule has 4 atom stereocenters. The van der Waals surface area contributed by atoms with Gasteiger partial charge in [-0.15, -0.1) is 0 Å². The number of nitrogens with one attached hydrogen (secondary N) is 12. The molecular weight excluding hydrogens is 1870 g/mol. The van der Waals surface area contributed by atoms with E-state index in [0.29, 0.717) is 83.7 Å². The van der Waals surface area contributed by atoms with Crippen molar-refractivity contribution in [2.75, 3.05) is 165 Å². The molecule has 2 aliphatic carbocycles. The van der Waals surface area contributed by atoms with E-state index in [1.807, 2.05) is 0 Å². The molecule has 0 bridgehead atoms. The molecule has 17 N–H and O–H groups in total. The molecule has 2 fully saturated rings. The number of amides is 11. The SMILES string of the molecule is CN[C@@H](CCCCNC(=O)[C@H](CCCCNC(=O)COCCOCCNC(=O)COCCOCCNC(=O)CC[C@H](NC(=O)C1CCC(CNC(=O)CCCCCCCCCCCCCCCCCCC(=O)O)CC1)C(=O)O)NC(=O)COCCOCCNC(=O)COCCOCCNC(=O)CC[C@H](NC(=O)C1CCC(CNC(=O)CCCCCCCCCCCCCCCCCCC(=O)O)CC1)C(=O)O)C(=O)O. The van der Waals surface area contributed by atoms with Gasteiger partial charge in [-0.3, -0.25) is 67.1 Å². The number of carboxylic acid groups (broad SMARTS) is 5. The van der Waals surface area contributed by atoms with E-state index in [-0.39, 0.29) is 249 Å². The third-order valence-corrected chi connectivity index (χ3v) is 25.7. The van der Waals surface area contributed by atoms with Crippen LogP contribution in [0.5, 0.6) is 0 Å². The minimum absolute atomic E-state index is 0.0201. The number of rotatable bonds is 100. The van der Waals surface area contributed by atoms with Crippen molar-refractivity contribution in [3.8, 4) is 0 Å². The second-order valence-electron chi connectivity index (χ2n) is 38.0. The zero-order chi connectivity index (χ0) is 105. The predicted molar refractivity (Wildman–Crippen MR) is 541 cm³/mol. The first kappa shape index (κ1) is 131. The highest BCUT2D eigenvalue weighted by Gasteiger charge is 2.33. The highest BCUT2D eigenvalue weighted by Crippen LogP contribution is 2.31. The molecule has 0 aromatic carbocycles. The number of aliphatic carboxylic acids is 5. The first-order chi connectivity index (χ1) is 69.8. The monoisotopic (exact) mass is 2050 g/mol. The third kappa shape index (κ3) is 79.4. The number of carbonyl (C=O) groups is 16. The zero-order valence-electron chi connectivity index (χ0n) is 86.8. The van der Waals surface area contributed by atoms with Crippen LogP contribution < -0.4 is 63.8 Å². The Hall–Kier alpha value is -8.84. The second-order valence-corrected chi connectivity index (χ2v) is 38.0. The fraction of sp³-hybridized carbons (Fsp3) is 0.845. The maximum Gasteiger partial charge on any atom is 0.326 e. The standard InChI is InChI=1S/C103H184N12O29/c1-104-85(101(131)132)39-35-37-57-110-100(130)84(113-95(123)79-144-73-69-140-65-61-109-94(122)78-143-72-67-138-63-59-107-91(119)55-53-87(103(135)136)115-99(129)83-50-46-81(47-51-83)75-112-89(117)41-31-27-23-19-15-11-7-3-5-9-13-17-21-25-29-33-43-97(126)127)38-34-36-56-105-92(120)76-141-70-68-139-64-60-108-93(121)77-142-71-66-137-62-58-106-90(118)54-52-86(102(133)134)114-98(128)82-48-44-80(45-49-82)74-111-88(116)40-30-26-22-18-14-10-6-2-4-8-12-16-20-24-28-32-42-96(124)125/h80-87,104H,2-79H2,1H3,(H,105,120)(H,106,118)(H,107,119)(H,108,121)(H,109,122)(H,110,130)(H,111,116)(H,112,117)(H,113,123)(H,114,128)(H,115,129)(H,124,125)(H,126,127)(H,131,132)(H,133,134)(H,135,136)/t80?,81?,82?,83?,84-,85-,86-,87-/m0/s1. The Morgan fingerprint density at radius 3 is 0.785 bits per heavy atom. The Morgan fingerprint density at radius 2 is 0.486 bits per heavy atom. The molecule has 0 aromatic rings. The summed E-state index contributed by atoms with van der Waals surface area (Å²) in [4.78, 5) is 196. The van der Waals surface area contributed by atoms with Crippen molar-refractivity contribution in [1.29, 1.82) is 0 Å². The number of hydrogen-bond acceptors (Lipinski definition) is 25. The molecule has 144 heavy (non-hydrogen) atoms. The van der Waals surface area contributed by atoms with Crippen LogP contribution in [0.1, 0.15) is 347 Å².